The minimum atomic E-state index is -1.09. The van der Waals surface area contributed by atoms with Gasteiger partial charge in [-0.1, -0.05) is 17.7 Å². The number of nitrogens with zero attached hydrogens (tertiary/aromatic N) is 4. The average Bonchev–Trinajstić information content (AvgIpc) is 3.19. The molecule has 3 rings (SSSR count). The van der Waals surface area contributed by atoms with Crippen LogP contribution in [0.1, 0.15) is 10.6 Å². The zero-order valence-corrected chi connectivity index (χ0v) is 15.3. The van der Waals surface area contributed by atoms with Gasteiger partial charge in [-0.2, -0.15) is 5.10 Å². The summed E-state index contributed by atoms with van der Waals surface area (Å²) in [5.41, 5.74) is 5.60. The van der Waals surface area contributed by atoms with Crippen molar-refractivity contribution in [3.8, 4) is 22.4 Å². The molecule has 7 nitrogen and oxygen atoms in total. The molecule has 2 heterocycles. The van der Waals surface area contributed by atoms with E-state index < -0.39 is 17.5 Å². The third kappa shape index (κ3) is 3.31. The van der Waals surface area contributed by atoms with Crippen molar-refractivity contribution in [2.75, 3.05) is 13.7 Å². The number of nitrogens with two attached hydrogens (primary N) is 1. The van der Waals surface area contributed by atoms with Crippen LogP contribution in [0.15, 0.2) is 24.5 Å². The number of ether oxygens (including phenoxy) is 1. The fraction of sp³-hybridized carbons (Fsp3) is 0.235. The van der Waals surface area contributed by atoms with Gasteiger partial charge >= 0.3 is 0 Å². The van der Waals surface area contributed by atoms with Crippen molar-refractivity contribution in [1.29, 1.82) is 0 Å². The highest BCUT2D eigenvalue weighted by Gasteiger charge is 2.22. The predicted molar refractivity (Wildman–Crippen MR) is 95.2 cm³/mol. The lowest BCUT2D eigenvalue weighted by molar-refractivity contribution is 0.0987. The van der Waals surface area contributed by atoms with Gasteiger partial charge < -0.3 is 15.0 Å². The van der Waals surface area contributed by atoms with E-state index in [2.05, 4.69) is 10.1 Å². The Kier molecular flexibility index (Phi) is 5.24. The van der Waals surface area contributed by atoms with Crippen molar-refractivity contribution in [3.05, 3.63) is 47.1 Å². The molecule has 0 saturated heterocycles. The minimum Gasteiger partial charge on any atom is -0.383 e. The van der Waals surface area contributed by atoms with E-state index in [-0.39, 0.29) is 33.4 Å². The second kappa shape index (κ2) is 7.45. The van der Waals surface area contributed by atoms with Crippen LogP contribution in [-0.2, 0) is 18.3 Å². The molecule has 0 atom stereocenters. The van der Waals surface area contributed by atoms with E-state index in [4.69, 9.17) is 22.1 Å². The second-order valence-electron chi connectivity index (χ2n) is 5.74. The van der Waals surface area contributed by atoms with Gasteiger partial charge in [-0.25, -0.2) is 13.8 Å². The summed E-state index contributed by atoms with van der Waals surface area (Å²) in [5, 5.41) is 4.24. The average molecular weight is 396 g/mol. The number of hydrogen-bond acceptors (Lipinski definition) is 4. The third-order valence-electron chi connectivity index (χ3n) is 4.14. The van der Waals surface area contributed by atoms with Gasteiger partial charge in [0.05, 0.1) is 31.2 Å². The maximum Gasteiger partial charge on any atom is 0.284 e. The lowest BCUT2D eigenvalue weighted by atomic mass is 10.0. The highest BCUT2D eigenvalue weighted by Crippen LogP contribution is 2.34. The van der Waals surface area contributed by atoms with E-state index in [0.29, 0.717) is 13.2 Å². The fourth-order valence-electron chi connectivity index (χ4n) is 2.73. The highest BCUT2D eigenvalue weighted by molar-refractivity contribution is 6.32. The van der Waals surface area contributed by atoms with E-state index in [9.17, 15) is 13.6 Å². The summed E-state index contributed by atoms with van der Waals surface area (Å²) in [6.07, 6.45) is 2.62. The van der Waals surface area contributed by atoms with Gasteiger partial charge in [-0.05, 0) is 6.07 Å². The maximum atomic E-state index is 14.8. The van der Waals surface area contributed by atoms with Crippen molar-refractivity contribution < 1.29 is 18.3 Å². The van der Waals surface area contributed by atoms with Gasteiger partial charge in [0.1, 0.15) is 5.15 Å². The van der Waals surface area contributed by atoms with E-state index in [1.165, 1.54) is 47.9 Å². The SMILES string of the molecule is COCCn1ncc(-c2ccc(-c3cnc(C(N)=O)n3C)c(F)c2F)c1Cl. The monoisotopic (exact) mass is 395 g/mol. The largest absolute Gasteiger partial charge is 0.383 e. The van der Waals surface area contributed by atoms with Crippen LogP contribution in [0.2, 0.25) is 5.15 Å². The zero-order valence-electron chi connectivity index (χ0n) is 14.5. The standard InChI is InChI=1S/C17H16ClF2N5O2/c1-24-12(8-22-17(24)16(21)26)10-4-3-9(13(19)14(10)20)11-7-23-25(15(11)18)5-6-27-2/h3-4,7-8H,5-6H2,1-2H3,(H2,21,26). The van der Waals surface area contributed by atoms with E-state index >= 15 is 0 Å². The Morgan fingerprint density at radius 2 is 1.89 bits per heavy atom. The van der Waals surface area contributed by atoms with Gasteiger partial charge in [0.2, 0.25) is 0 Å². The van der Waals surface area contributed by atoms with Crippen LogP contribution < -0.4 is 5.73 Å². The molecule has 1 amide bonds. The zero-order chi connectivity index (χ0) is 19.7. The molecule has 0 aliphatic carbocycles. The first-order valence-corrected chi connectivity index (χ1v) is 8.25. The molecule has 1 aromatic carbocycles. The molecule has 142 valence electrons. The van der Waals surface area contributed by atoms with Crippen LogP contribution in [-0.4, -0.2) is 39.0 Å². The van der Waals surface area contributed by atoms with Crippen molar-refractivity contribution in [3.63, 3.8) is 0 Å². The highest BCUT2D eigenvalue weighted by atomic mass is 35.5. The molecule has 0 spiro atoms. The summed E-state index contributed by atoms with van der Waals surface area (Å²) in [5.74, 6) is -3.00. The number of imidazole rings is 1. The molecule has 10 heteroatoms. The molecule has 0 aliphatic heterocycles. The topological polar surface area (TPSA) is 88.0 Å². The van der Waals surface area contributed by atoms with Crippen molar-refractivity contribution in [2.24, 2.45) is 12.8 Å². The Labute approximate surface area is 158 Å². The van der Waals surface area contributed by atoms with Gasteiger partial charge in [0, 0.05) is 30.8 Å². The summed E-state index contributed by atoms with van der Waals surface area (Å²) >= 11 is 6.23. The molecular weight excluding hydrogens is 380 g/mol. The number of carbonyl (C=O) groups excluding carboxylic acids is 1. The Balaban J connectivity index is 2.04. The Bertz CT molecular complexity index is 1020. The van der Waals surface area contributed by atoms with E-state index in [1.54, 1.807) is 0 Å². The molecule has 0 aliphatic rings. The van der Waals surface area contributed by atoms with Crippen LogP contribution in [0.25, 0.3) is 22.4 Å². The second-order valence-corrected chi connectivity index (χ2v) is 6.10. The van der Waals surface area contributed by atoms with Gasteiger partial charge in [0.15, 0.2) is 17.5 Å². The molecule has 0 unspecified atom stereocenters. The summed E-state index contributed by atoms with van der Waals surface area (Å²) in [6, 6.07) is 2.78. The number of primary amides is 1. The Hall–Kier alpha value is -2.78. The lowest BCUT2D eigenvalue weighted by Gasteiger charge is -2.09. The number of amides is 1. The molecular formula is C17H16ClF2N5O2. The normalized spacial score (nSPS) is 11.1. The molecule has 0 radical (unpaired) electrons. The van der Waals surface area contributed by atoms with Crippen LogP contribution >= 0.6 is 11.6 Å². The van der Waals surface area contributed by atoms with Crippen molar-refractivity contribution in [2.45, 2.75) is 6.54 Å². The minimum absolute atomic E-state index is 0.0257. The Morgan fingerprint density at radius 3 is 2.52 bits per heavy atom. The summed E-state index contributed by atoms with van der Waals surface area (Å²) in [7, 11) is 3.03. The third-order valence-corrected chi connectivity index (χ3v) is 4.54. The first kappa shape index (κ1) is 19.0. The molecule has 0 bridgehead atoms. The van der Waals surface area contributed by atoms with Gasteiger partial charge in [0.25, 0.3) is 5.91 Å². The molecule has 0 saturated carbocycles. The van der Waals surface area contributed by atoms with E-state index in [1.807, 2.05) is 0 Å². The van der Waals surface area contributed by atoms with Crippen LogP contribution in [0.4, 0.5) is 8.78 Å². The summed E-state index contributed by atoms with van der Waals surface area (Å²) < 4.78 is 37.2. The number of rotatable bonds is 6. The van der Waals surface area contributed by atoms with Crippen molar-refractivity contribution >= 4 is 17.5 Å². The first-order valence-electron chi connectivity index (χ1n) is 7.87. The number of benzene rings is 1. The lowest BCUT2D eigenvalue weighted by Crippen LogP contribution is -2.17. The number of aromatic nitrogens is 4. The van der Waals surface area contributed by atoms with Crippen LogP contribution in [0.3, 0.4) is 0 Å². The van der Waals surface area contributed by atoms with Crippen LogP contribution in [0.5, 0.6) is 0 Å². The molecule has 2 N–H and O–H groups in total. The molecule has 27 heavy (non-hydrogen) atoms. The van der Waals surface area contributed by atoms with Crippen LogP contribution in [0, 0.1) is 11.6 Å². The van der Waals surface area contributed by atoms with Crippen molar-refractivity contribution in [1.82, 2.24) is 19.3 Å². The maximum absolute atomic E-state index is 14.8. The molecule has 0 fully saturated rings. The number of methoxy groups -OCH3 is 1. The number of halogens is 3. The number of carbonyl (C=O) groups is 1. The quantitative estimate of drug-likeness (QED) is 0.695. The number of hydrogen-bond donors (Lipinski definition) is 1. The summed E-state index contributed by atoms with van der Waals surface area (Å²) in [4.78, 5) is 15.2. The smallest absolute Gasteiger partial charge is 0.284 e. The summed E-state index contributed by atoms with van der Waals surface area (Å²) in [6.45, 7) is 0.752. The fourth-order valence-corrected chi connectivity index (χ4v) is 3.01. The van der Waals surface area contributed by atoms with Gasteiger partial charge in [-0.3, -0.25) is 9.48 Å². The first-order chi connectivity index (χ1) is 12.9. The predicted octanol–water partition coefficient (Wildman–Crippen LogP) is 2.63. The van der Waals surface area contributed by atoms with E-state index in [0.717, 1.165) is 0 Å². The molecule has 3 aromatic rings. The van der Waals surface area contributed by atoms with Gasteiger partial charge in [-0.15, -0.1) is 0 Å². The Morgan fingerprint density at radius 1 is 1.22 bits per heavy atom. The molecule has 2 aromatic heterocycles.